The van der Waals surface area contributed by atoms with Gasteiger partial charge in [-0.2, -0.15) is 5.26 Å². The highest BCUT2D eigenvalue weighted by atomic mass is 15.1. The van der Waals surface area contributed by atoms with Crippen LogP contribution in [-0.4, -0.2) is 54.0 Å². The predicted octanol–water partition coefficient (Wildman–Crippen LogP) is 15.2. The Morgan fingerprint density at radius 2 is 0.750 bits per heavy atom. The molecule has 5 aromatic heterocycles. The van der Waals surface area contributed by atoms with Gasteiger partial charge in [0, 0.05) is 60.6 Å². The van der Waals surface area contributed by atoms with Crippen molar-refractivity contribution in [2.24, 2.45) is 0 Å². The zero-order valence-electron chi connectivity index (χ0n) is 44.0. The molecule has 0 spiro atoms. The summed E-state index contributed by atoms with van der Waals surface area (Å²) >= 11 is 0. The summed E-state index contributed by atoms with van der Waals surface area (Å²) in [5, 5.41) is 14.1. The third-order valence-corrected chi connectivity index (χ3v) is 14.7. The van der Waals surface area contributed by atoms with Gasteiger partial charge in [0.2, 0.25) is 0 Å². The van der Waals surface area contributed by atoms with Crippen molar-refractivity contribution in [1.29, 1.82) is 5.26 Å². The first kappa shape index (κ1) is 47.5. The summed E-state index contributed by atoms with van der Waals surface area (Å²) in [5.74, 6) is 5.56. The molecule has 0 fully saturated rings. The van der Waals surface area contributed by atoms with E-state index in [1.807, 2.05) is 113 Å². The molecule has 5 heterocycles. The molecular formula is C68H46N12. The number of nitriles is 1. The molecule has 0 amide bonds. The van der Waals surface area contributed by atoms with Gasteiger partial charge in [-0.25, -0.2) is 44.9 Å². The van der Waals surface area contributed by atoms with Crippen LogP contribution in [0.25, 0.3) is 134 Å². The molecule has 0 atom stereocenters. The first-order chi connectivity index (χ1) is 39.2. The van der Waals surface area contributed by atoms with Crippen LogP contribution >= 0.6 is 0 Å². The number of aromatic nitrogens is 11. The Kier molecular flexibility index (Phi) is 11.5. The van der Waals surface area contributed by atoms with Gasteiger partial charge in [-0.3, -0.25) is 0 Å². The van der Waals surface area contributed by atoms with Gasteiger partial charge in [0.15, 0.2) is 29.1 Å². The van der Waals surface area contributed by atoms with Crippen molar-refractivity contribution in [1.82, 2.24) is 54.0 Å². The Hall–Kier alpha value is -10.9. The Morgan fingerprint density at radius 3 is 1.30 bits per heavy atom. The Labute approximate surface area is 460 Å². The van der Waals surface area contributed by atoms with Crippen LogP contribution in [0.15, 0.2) is 206 Å². The maximum Gasteiger partial charge on any atom is 0.164 e. The number of nitrogens with zero attached hydrogens (tertiary/aromatic N) is 12. The largest absolute Gasteiger partial charge is 0.309 e. The summed E-state index contributed by atoms with van der Waals surface area (Å²) in [6.07, 6.45) is 0. The lowest BCUT2D eigenvalue weighted by atomic mass is 9.92. The van der Waals surface area contributed by atoms with E-state index in [-0.39, 0.29) is 0 Å². The SMILES string of the molecule is Cc1nc(C)nc(-c2ccc3c(c2)c2ccccc2n3-c2ccc(-c3nc(-c4ccccc4)nc(-c4ccccc4)n3)c(-c3cc(-c4ccc(C#N)cc4)ccc3-n3c4ccccc4c4cc(-c5nc(C)nc(C)n5)ccc43)c2)n1. The third kappa shape index (κ3) is 8.37. The van der Waals surface area contributed by atoms with Crippen molar-refractivity contribution >= 4 is 43.6 Å². The molecule has 12 heteroatoms. The molecule has 378 valence electrons. The van der Waals surface area contributed by atoms with Crippen molar-refractivity contribution in [2.75, 3.05) is 0 Å². The highest BCUT2D eigenvalue weighted by Crippen LogP contribution is 2.44. The van der Waals surface area contributed by atoms with E-state index >= 15 is 0 Å². The second kappa shape index (κ2) is 19.3. The van der Waals surface area contributed by atoms with E-state index in [4.69, 9.17) is 34.9 Å². The fourth-order valence-corrected chi connectivity index (χ4v) is 11.1. The molecule has 0 bridgehead atoms. The molecule has 0 unspecified atom stereocenters. The minimum atomic E-state index is 0.513. The van der Waals surface area contributed by atoms with Crippen molar-refractivity contribution in [2.45, 2.75) is 27.7 Å². The number of rotatable bonds is 9. The Bertz CT molecular complexity index is 4730. The lowest BCUT2D eigenvalue weighted by Gasteiger charge is -2.20. The highest BCUT2D eigenvalue weighted by Gasteiger charge is 2.24. The number of hydrogen-bond donors (Lipinski definition) is 0. The first-order valence-electron chi connectivity index (χ1n) is 26.3. The highest BCUT2D eigenvalue weighted by molar-refractivity contribution is 6.12. The number of para-hydroxylation sites is 2. The Balaban J connectivity index is 1.08. The molecular weight excluding hydrogens is 985 g/mol. The van der Waals surface area contributed by atoms with Gasteiger partial charge in [-0.05, 0) is 135 Å². The monoisotopic (exact) mass is 1030 g/mol. The molecule has 80 heavy (non-hydrogen) atoms. The number of benzene rings is 9. The lowest BCUT2D eigenvalue weighted by molar-refractivity contribution is 0.928. The molecule has 14 aromatic rings. The smallest absolute Gasteiger partial charge is 0.164 e. The van der Waals surface area contributed by atoms with Gasteiger partial charge in [-0.15, -0.1) is 0 Å². The summed E-state index contributed by atoms with van der Waals surface area (Å²) in [6.45, 7) is 7.59. The number of hydrogen-bond acceptors (Lipinski definition) is 10. The number of fused-ring (bicyclic) bond motifs is 6. The van der Waals surface area contributed by atoms with Crippen LogP contribution in [0.4, 0.5) is 0 Å². The topological polar surface area (TPSA) is 150 Å². The van der Waals surface area contributed by atoms with Crippen LogP contribution in [0.3, 0.4) is 0 Å². The van der Waals surface area contributed by atoms with Crippen LogP contribution in [0, 0.1) is 39.0 Å². The van der Waals surface area contributed by atoms with Gasteiger partial charge >= 0.3 is 0 Å². The minimum Gasteiger partial charge on any atom is -0.309 e. The first-order valence-corrected chi connectivity index (χ1v) is 26.3. The fourth-order valence-electron chi connectivity index (χ4n) is 11.1. The zero-order valence-corrected chi connectivity index (χ0v) is 44.0. The average Bonchev–Trinajstić information content (AvgIpc) is 4.11. The fraction of sp³-hybridized carbons (Fsp3) is 0.0588. The Morgan fingerprint density at radius 1 is 0.300 bits per heavy atom. The molecule has 9 aromatic carbocycles. The van der Waals surface area contributed by atoms with Crippen LogP contribution in [0.2, 0.25) is 0 Å². The van der Waals surface area contributed by atoms with Crippen LogP contribution < -0.4 is 0 Å². The van der Waals surface area contributed by atoms with Crippen molar-refractivity contribution in [3.63, 3.8) is 0 Å². The van der Waals surface area contributed by atoms with E-state index in [0.717, 1.165) is 105 Å². The molecule has 0 aliphatic rings. The van der Waals surface area contributed by atoms with Crippen molar-refractivity contribution in [3.05, 3.63) is 235 Å². The maximum atomic E-state index is 9.87. The molecule has 0 aliphatic carbocycles. The molecule has 0 saturated heterocycles. The summed E-state index contributed by atoms with van der Waals surface area (Å²) < 4.78 is 4.69. The summed E-state index contributed by atoms with van der Waals surface area (Å²) in [7, 11) is 0. The quantitative estimate of drug-likeness (QED) is 0.137. The molecule has 12 nitrogen and oxygen atoms in total. The molecule has 0 saturated carbocycles. The van der Waals surface area contributed by atoms with Crippen molar-refractivity contribution in [3.8, 4) is 96.6 Å². The number of aryl methyl sites for hydroxylation is 4. The second-order valence-corrected chi connectivity index (χ2v) is 19.9. The van der Waals surface area contributed by atoms with Gasteiger partial charge in [0.1, 0.15) is 23.3 Å². The van der Waals surface area contributed by atoms with E-state index in [1.165, 1.54) is 0 Å². The van der Waals surface area contributed by atoms with Gasteiger partial charge < -0.3 is 9.13 Å². The van der Waals surface area contributed by atoms with Crippen LogP contribution in [0.1, 0.15) is 28.9 Å². The van der Waals surface area contributed by atoms with E-state index < -0.39 is 0 Å². The molecule has 0 N–H and O–H groups in total. The lowest BCUT2D eigenvalue weighted by Crippen LogP contribution is -2.04. The molecule has 14 rings (SSSR count). The van der Waals surface area contributed by atoms with Gasteiger partial charge in [0.25, 0.3) is 0 Å². The third-order valence-electron chi connectivity index (χ3n) is 14.7. The summed E-state index contributed by atoms with van der Waals surface area (Å²) in [4.78, 5) is 43.8. The van der Waals surface area contributed by atoms with Crippen LogP contribution in [0.5, 0.6) is 0 Å². The van der Waals surface area contributed by atoms with E-state index in [1.54, 1.807) is 0 Å². The molecule has 0 aliphatic heterocycles. The standard InChI is InChI=1S/C68H46N12/c1-40-70-41(2)73-66(72-40)49-28-33-61-56(36-49)52-19-11-13-21-59(52)79(61)51-30-31-54(68-77-64(46-15-7-5-8-16-46)76-65(78-68)47-17-9-6-10-18-47)55(38-51)58-35-48(45-25-23-44(39-69)24-26-45)27-32-63(58)80-60-22-14-12-20-53(60)57-37-50(29-34-62(57)80)67-74-42(3)71-43(4)75-67/h5-38H,1-4H3. The van der Waals surface area contributed by atoms with E-state index in [0.29, 0.717) is 58.0 Å². The predicted molar refractivity (Wildman–Crippen MR) is 317 cm³/mol. The molecule has 0 radical (unpaired) electrons. The van der Waals surface area contributed by atoms with E-state index in [2.05, 4.69) is 146 Å². The van der Waals surface area contributed by atoms with Crippen LogP contribution in [-0.2, 0) is 0 Å². The van der Waals surface area contributed by atoms with Crippen molar-refractivity contribution < 1.29 is 0 Å². The second-order valence-electron chi connectivity index (χ2n) is 19.9. The van der Waals surface area contributed by atoms with Gasteiger partial charge in [0.05, 0.1) is 39.4 Å². The average molecular weight is 1030 g/mol. The maximum absolute atomic E-state index is 9.87. The summed E-state index contributed by atoms with van der Waals surface area (Å²) in [5.41, 5.74) is 14.6. The summed E-state index contributed by atoms with van der Waals surface area (Å²) in [6, 6.07) is 73.4. The zero-order chi connectivity index (χ0) is 54.0. The minimum absolute atomic E-state index is 0.513. The normalized spacial score (nSPS) is 11.5. The van der Waals surface area contributed by atoms with E-state index in [9.17, 15) is 5.26 Å². The van der Waals surface area contributed by atoms with Gasteiger partial charge in [-0.1, -0.05) is 115 Å².